The summed E-state index contributed by atoms with van der Waals surface area (Å²) in [4.78, 5) is 44.7. The van der Waals surface area contributed by atoms with Crippen LogP contribution in [0.3, 0.4) is 0 Å². The van der Waals surface area contributed by atoms with Gasteiger partial charge in [-0.3, -0.25) is 14.4 Å². The van der Waals surface area contributed by atoms with Crippen LogP contribution in [0.15, 0.2) is 83.5 Å². The highest BCUT2D eigenvalue weighted by Crippen LogP contribution is 2.53. The van der Waals surface area contributed by atoms with Crippen LogP contribution in [0.1, 0.15) is 33.1 Å². The average Bonchev–Trinajstić information content (AvgIpc) is 3.32. The van der Waals surface area contributed by atoms with Crippen LogP contribution < -0.4 is 4.90 Å². The van der Waals surface area contributed by atoms with Crippen molar-refractivity contribution in [2.75, 3.05) is 4.90 Å². The summed E-state index contributed by atoms with van der Waals surface area (Å²) in [6, 6.07) is 21.3. The Hall–Kier alpha value is -3.51. The number of carbonyl (C=O) groups is 3. The molecule has 0 saturated carbocycles. The molecule has 5 nitrogen and oxygen atoms in total. The number of ketones is 1. The van der Waals surface area contributed by atoms with Crippen molar-refractivity contribution in [2.45, 2.75) is 19.0 Å². The van der Waals surface area contributed by atoms with Crippen LogP contribution in [0.2, 0.25) is 0 Å². The van der Waals surface area contributed by atoms with Gasteiger partial charge in [0.1, 0.15) is 6.04 Å². The molecule has 4 unspecified atom stereocenters. The van der Waals surface area contributed by atoms with Gasteiger partial charge in [-0.2, -0.15) is 0 Å². The monoisotopic (exact) mass is 512 g/mol. The number of fused-ring (bicyclic) bond motifs is 5. The first-order chi connectivity index (χ1) is 16.5. The summed E-state index contributed by atoms with van der Waals surface area (Å²) in [5.41, 5.74) is 4.10. The molecule has 3 aliphatic heterocycles. The fourth-order valence-electron chi connectivity index (χ4n) is 5.59. The Morgan fingerprint density at radius 3 is 2.26 bits per heavy atom. The highest BCUT2D eigenvalue weighted by Gasteiger charge is 2.64. The van der Waals surface area contributed by atoms with E-state index in [1.165, 1.54) is 4.90 Å². The zero-order valence-corrected chi connectivity index (χ0v) is 20.0. The number of amides is 2. The molecule has 6 rings (SSSR count). The van der Waals surface area contributed by atoms with Crippen LogP contribution in [-0.2, 0) is 9.59 Å². The number of aryl methyl sites for hydroxylation is 1. The quantitative estimate of drug-likeness (QED) is 0.359. The molecule has 3 aromatic rings. The summed E-state index contributed by atoms with van der Waals surface area (Å²) in [6.07, 6.45) is 3.84. The molecule has 3 aliphatic rings. The van der Waals surface area contributed by atoms with Gasteiger partial charge in [0.2, 0.25) is 11.8 Å². The van der Waals surface area contributed by atoms with Gasteiger partial charge in [0.15, 0.2) is 5.78 Å². The zero-order valence-electron chi connectivity index (χ0n) is 18.4. The highest BCUT2D eigenvalue weighted by molar-refractivity contribution is 9.10. The summed E-state index contributed by atoms with van der Waals surface area (Å²) >= 11 is 3.41. The summed E-state index contributed by atoms with van der Waals surface area (Å²) < 4.78 is 0.871. The number of imide groups is 1. The van der Waals surface area contributed by atoms with Crippen LogP contribution in [0.4, 0.5) is 5.69 Å². The molecule has 6 heteroatoms. The highest BCUT2D eigenvalue weighted by atomic mass is 79.9. The molecule has 0 bridgehead atoms. The fourth-order valence-corrected chi connectivity index (χ4v) is 5.85. The van der Waals surface area contributed by atoms with Crippen molar-refractivity contribution < 1.29 is 14.4 Å². The topological polar surface area (TPSA) is 57.7 Å². The minimum atomic E-state index is -0.759. The molecule has 0 aliphatic carbocycles. The first-order valence-corrected chi connectivity index (χ1v) is 12.0. The van der Waals surface area contributed by atoms with Gasteiger partial charge in [-0.05, 0) is 48.4 Å². The first kappa shape index (κ1) is 21.1. The van der Waals surface area contributed by atoms with E-state index in [9.17, 15) is 14.4 Å². The van der Waals surface area contributed by atoms with Crippen molar-refractivity contribution in [1.82, 2.24) is 4.90 Å². The van der Waals surface area contributed by atoms with E-state index in [2.05, 4.69) is 15.9 Å². The lowest BCUT2D eigenvalue weighted by Crippen LogP contribution is -2.44. The van der Waals surface area contributed by atoms with Gasteiger partial charge in [-0.15, -0.1) is 0 Å². The molecule has 4 atom stereocenters. The standard InChI is InChI=1S/C28H21BrN2O3/c1-16-6-12-20(13-7-16)31-27(33)22-23(28(31)34)25(26(32)18-8-10-19(29)11-9-18)30-15-14-17-4-2-3-5-21(17)24(22)30/h2-15,22-25H,1H3. The zero-order chi connectivity index (χ0) is 23.6. The number of halogens is 1. The fraction of sp³-hybridized carbons (Fsp3) is 0.179. The number of carbonyl (C=O) groups excluding carboxylic acids is 3. The minimum Gasteiger partial charge on any atom is -0.358 e. The summed E-state index contributed by atoms with van der Waals surface area (Å²) in [7, 11) is 0. The molecule has 3 aromatic carbocycles. The summed E-state index contributed by atoms with van der Waals surface area (Å²) in [6.45, 7) is 1.96. The van der Waals surface area contributed by atoms with E-state index in [1.54, 1.807) is 24.3 Å². The first-order valence-electron chi connectivity index (χ1n) is 11.2. The Balaban J connectivity index is 1.49. The van der Waals surface area contributed by atoms with Crippen molar-refractivity contribution in [2.24, 2.45) is 11.8 Å². The molecule has 2 amide bonds. The number of anilines is 1. The molecule has 2 fully saturated rings. The predicted octanol–water partition coefficient (Wildman–Crippen LogP) is 5.16. The van der Waals surface area contributed by atoms with Gasteiger partial charge < -0.3 is 4.90 Å². The van der Waals surface area contributed by atoms with Crippen molar-refractivity contribution >= 4 is 45.3 Å². The largest absolute Gasteiger partial charge is 0.358 e. The van der Waals surface area contributed by atoms with Crippen molar-refractivity contribution in [1.29, 1.82) is 0 Å². The second kappa shape index (κ2) is 7.77. The summed E-state index contributed by atoms with van der Waals surface area (Å²) in [5.74, 6) is -2.10. The normalized spacial score (nSPS) is 24.8. The lowest BCUT2D eigenvalue weighted by atomic mass is 9.83. The predicted molar refractivity (Wildman–Crippen MR) is 133 cm³/mol. The molecule has 0 radical (unpaired) electrons. The van der Waals surface area contributed by atoms with E-state index >= 15 is 0 Å². The van der Waals surface area contributed by atoms with Crippen LogP contribution in [0.5, 0.6) is 0 Å². The van der Waals surface area contributed by atoms with E-state index in [1.807, 2.05) is 72.6 Å². The molecule has 0 N–H and O–H groups in total. The summed E-state index contributed by atoms with van der Waals surface area (Å²) in [5, 5.41) is 0. The van der Waals surface area contributed by atoms with Crippen molar-refractivity contribution in [3.05, 3.63) is 106 Å². The number of nitrogens with zero attached hydrogens (tertiary/aromatic N) is 2. The maximum Gasteiger partial charge on any atom is 0.240 e. The lowest BCUT2D eigenvalue weighted by molar-refractivity contribution is -0.123. The van der Waals surface area contributed by atoms with Crippen molar-refractivity contribution in [3.63, 3.8) is 0 Å². The third kappa shape index (κ3) is 3.02. The van der Waals surface area contributed by atoms with E-state index < -0.39 is 17.9 Å². The van der Waals surface area contributed by atoms with Gasteiger partial charge in [0, 0.05) is 16.2 Å². The van der Waals surface area contributed by atoms with Gasteiger partial charge in [0.05, 0.1) is 23.6 Å². The van der Waals surface area contributed by atoms with Gasteiger partial charge >= 0.3 is 0 Å². The molecule has 0 aromatic heterocycles. The van der Waals surface area contributed by atoms with Crippen LogP contribution in [0, 0.1) is 18.8 Å². The molecule has 34 heavy (non-hydrogen) atoms. The Bertz CT molecular complexity index is 1360. The van der Waals surface area contributed by atoms with E-state index in [4.69, 9.17) is 0 Å². The van der Waals surface area contributed by atoms with E-state index in [0.29, 0.717) is 11.3 Å². The number of hydrogen-bond donors (Lipinski definition) is 0. The van der Waals surface area contributed by atoms with Crippen LogP contribution in [0.25, 0.3) is 6.08 Å². The van der Waals surface area contributed by atoms with Crippen molar-refractivity contribution in [3.8, 4) is 0 Å². The van der Waals surface area contributed by atoms with E-state index in [0.717, 1.165) is 21.2 Å². The minimum absolute atomic E-state index is 0.152. The molecular formula is C28H21BrN2O3. The van der Waals surface area contributed by atoms with E-state index in [-0.39, 0.29) is 23.6 Å². The smallest absolute Gasteiger partial charge is 0.240 e. The molecular weight excluding hydrogens is 492 g/mol. The Morgan fingerprint density at radius 2 is 1.53 bits per heavy atom. The number of Topliss-reactive ketones (excluding diaryl/α,β-unsaturated/α-hetero) is 1. The van der Waals surface area contributed by atoms with Crippen LogP contribution >= 0.6 is 15.9 Å². The molecule has 0 spiro atoms. The lowest BCUT2D eigenvalue weighted by Gasteiger charge is -2.35. The Kier molecular flexibility index (Phi) is 4.81. The maximum atomic E-state index is 13.8. The molecule has 3 heterocycles. The number of rotatable bonds is 3. The molecule has 168 valence electrons. The average molecular weight is 513 g/mol. The van der Waals surface area contributed by atoms with Gasteiger partial charge in [-0.1, -0.05) is 70.0 Å². The van der Waals surface area contributed by atoms with Gasteiger partial charge in [0.25, 0.3) is 0 Å². The van der Waals surface area contributed by atoms with Crippen LogP contribution in [-0.4, -0.2) is 28.5 Å². The third-order valence-electron chi connectivity index (χ3n) is 7.15. The Morgan fingerprint density at radius 1 is 0.853 bits per heavy atom. The maximum absolute atomic E-state index is 13.8. The Labute approximate surface area is 205 Å². The second-order valence-corrected chi connectivity index (χ2v) is 9.97. The third-order valence-corrected chi connectivity index (χ3v) is 7.68. The van der Waals surface area contributed by atoms with Gasteiger partial charge in [-0.25, -0.2) is 4.90 Å². The molecule has 2 saturated heterocycles. The second-order valence-electron chi connectivity index (χ2n) is 9.05. The number of benzene rings is 3. The number of hydrogen-bond acceptors (Lipinski definition) is 4. The SMILES string of the molecule is Cc1ccc(N2C(=O)C3C(C2=O)C2c4ccccc4C=CN2C3C(=O)c2ccc(Br)cc2)cc1.